The number of thioether (sulfide) groups is 1. The first-order valence-electron chi connectivity index (χ1n) is 8.14. The number of hydrogen-bond acceptors (Lipinski definition) is 4. The maximum Gasteiger partial charge on any atom is 0.192 e. The number of nitrogens with zero attached hydrogens (tertiary/aromatic N) is 3. The van der Waals surface area contributed by atoms with Gasteiger partial charge in [0, 0.05) is 37.8 Å². The van der Waals surface area contributed by atoms with Crippen LogP contribution in [0.3, 0.4) is 0 Å². The van der Waals surface area contributed by atoms with Gasteiger partial charge in [-0.2, -0.15) is 0 Å². The van der Waals surface area contributed by atoms with Crippen LogP contribution in [0.2, 0.25) is 0 Å². The average molecular weight is 442 g/mol. The van der Waals surface area contributed by atoms with Crippen molar-refractivity contribution in [3.63, 3.8) is 0 Å². The molecular formula is C20H16BrN3S2. The number of fused-ring (bicyclic) bond motifs is 1. The third kappa shape index (κ3) is 3.49. The Morgan fingerprint density at radius 2 is 1.92 bits per heavy atom. The molecule has 0 atom stereocenters. The van der Waals surface area contributed by atoms with Gasteiger partial charge in [-0.1, -0.05) is 64.1 Å². The Bertz CT molecular complexity index is 1050. The van der Waals surface area contributed by atoms with Crippen LogP contribution < -0.4 is 0 Å². The molecule has 0 saturated carbocycles. The molecule has 0 aliphatic carbocycles. The van der Waals surface area contributed by atoms with Gasteiger partial charge in [0.15, 0.2) is 11.0 Å². The SMILES string of the molecule is C=CCn1c(SCc2ccc(Br)cc2)nnc1-c1csc2ccccc12. The second-order valence-corrected chi connectivity index (χ2v) is 8.54. The molecule has 2 aromatic carbocycles. The van der Waals surface area contributed by atoms with Gasteiger partial charge in [-0.3, -0.25) is 4.57 Å². The molecule has 0 N–H and O–H groups in total. The lowest BCUT2D eigenvalue weighted by Crippen LogP contribution is -2.00. The first-order chi connectivity index (χ1) is 12.8. The zero-order valence-electron chi connectivity index (χ0n) is 13.9. The van der Waals surface area contributed by atoms with E-state index < -0.39 is 0 Å². The van der Waals surface area contributed by atoms with Crippen LogP contribution in [0.4, 0.5) is 0 Å². The number of benzene rings is 2. The summed E-state index contributed by atoms with van der Waals surface area (Å²) in [5.74, 6) is 1.76. The molecule has 2 heterocycles. The van der Waals surface area contributed by atoms with Crippen molar-refractivity contribution in [1.82, 2.24) is 14.8 Å². The Labute approximate surface area is 168 Å². The monoisotopic (exact) mass is 441 g/mol. The second-order valence-electron chi connectivity index (χ2n) is 5.77. The molecule has 2 aromatic heterocycles. The Balaban J connectivity index is 1.66. The first-order valence-corrected chi connectivity index (χ1v) is 10.8. The Morgan fingerprint density at radius 1 is 1.12 bits per heavy atom. The third-order valence-electron chi connectivity index (χ3n) is 4.03. The molecule has 6 heteroatoms. The summed E-state index contributed by atoms with van der Waals surface area (Å²) in [4.78, 5) is 0. The minimum Gasteiger partial charge on any atom is -0.298 e. The lowest BCUT2D eigenvalue weighted by Gasteiger charge is -2.07. The second kappa shape index (κ2) is 7.78. The van der Waals surface area contributed by atoms with Gasteiger partial charge in [0.25, 0.3) is 0 Å². The maximum atomic E-state index is 4.50. The molecular weight excluding hydrogens is 426 g/mol. The van der Waals surface area contributed by atoms with E-state index in [4.69, 9.17) is 0 Å². The number of rotatable bonds is 6. The molecule has 0 aliphatic heterocycles. The number of allylic oxidation sites excluding steroid dienone is 1. The largest absolute Gasteiger partial charge is 0.298 e. The lowest BCUT2D eigenvalue weighted by molar-refractivity contribution is 0.731. The van der Waals surface area contributed by atoms with Crippen LogP contribution >= 0.6 is 39.0 Å². The van der Waals surface area contributed by atoms with Crippen molar-refractivity contribution in [2.24, 2.45) is 0 Å². The standard InChI is InChI=1S/C20H16BrN3S2/c1-2-11-24-19(17-13-25-18-6-4-3-5-16(17)18)22-23-20(24)26-12-14-7-9-15(21)10-8-14/h2-10,13H,1,11-12H2. The average Bonchev–Trinajstić information content (AvgIpc) is 3.25. The summed E-state index contributed by atoms with van der Waals surface area (Å²) in [5.41, 5.74) is 2.39. The van der Waals surface area contributed by atoms with Crippen LogP contribution in [0, 0.1) is 0 Å². The third-order valence-corrected chi connectivity index (χ3v) is 6.56. The topological polar surface area (TPSA) is 30.7 Å². The van der Waals surface area contributed by atoms with Gasteiger partial charge < -0.3 is 0 Å². The summed E-state index contributed by atoms with van der Waals surface area (Å²) < 4.78 is 4.50. The summed E-state index contributed by atoms with van der Waals surface area (Å²) in [5, 5.41) is 13.3. The highest BCUT2D eigenvalue weighted by molar-refractivity contribution is 9.10. The van der Waals surface area contributed by atoms with Crippen LogP contribution in [0.25, 0.3) is 21.5 Å². The quantitative estimate of drug-likeness (QED) is 0.256. The van der Waals surface area contributed by atoms with E-state index in [1.54, 1.807) is 23.1 Å². The smallest absolute Gasteiger partial charge is 0.192 e. The molecule has 0 aliphatic rings. The predicted molar refractivity (Wildman–Crippen MR) is 115 cm³/mol. The molecule has 3 nitrogen and oxygen atoms in total. The van der Waals surface area contributed by atoms with Crippen molar-refractivity contribution in [2.45, 2.75) is 17.5 Å². The van der Waals surface area contributed by atoms with Gasteiger partial charge in [-0.15, -0.1) is 28.1 Å². The van der Waals surface area contributed by atoms with Gasteiger partial charge in [-0.05, 0) is 23.8 Å². The van der Waals surface area contributed by atoms with E-state index >= 15 is 0 Å². The van der Waals surface area contributed by atoms with Crippen molar-refractivity contribution in [2.75, 3.05) is 0 Å². The molecule has 4 rings (SSSR count). The highest BCUT2D eigenvalue weighted by Crippen LogP contribution is 2.34. The summed E-state index contributed by atoms with van der Waals surface area (Å²) in [7, 11) is 0. The zero-order valence-corrected chi connectivity index (χ0v) is 17.1. The van der Waals surface area contributed by atoms with Crippen LogP contribution in [-0.2, 0) is 12.3 Å². The highest BCUT2D eigenvalue weighted by atomic mass is 79.9. The zero-order chi connectivity index (χ0) is 17.9. The van der Waals surface area contributed by atoms with Crippen LogP contribution in [-0.4, -0.2) is 14.8 Å². The van der Waals surface area contributed by atoms with Crippen molar-refractivity contribution >= 4 is 49.1 Å². The summed E-state index contributed by atoms with van der Waals surface area (Å²) in [6.07, 6.45) is 1.89. The number of thiophene rings is 1. The van der Waals surface area contributed by atoms with Crippen molar-refractivity contribution in [3.05, 3.63) is 76.6 Å². The van der Waals surface area contributed by atoms with E-state index in [-0.39, 0.29) is 0 Å². The molecule has 26 heavy (non-hydrogen) atoms. The normalized spacial score (nSPS) is 11.1. The van der Waals surface area contributed by atoms with E-state index in [0.29, 0.717) is 6.54 Å². The van der Waals surface area contributed by atoms with Crippen molar-refractivity contribution in [3.8, 4) is 11.4 Å². The van der Waals surface area contributed by atoms with E-state index in [2.05, 4.69) is 91.2 Å². The maximum absolute atomic E-state index is 4.50. The van der Waals surface area contributed by atoms with Crippen LogP contribution in [0.5, 0.6) is 0 Å². The van der Waals surface area contributed by atoms with Gasteiger partial charge in [0.05, 0.1) is 0 Å². The molecule has 4 aromatic rings. The molecule has 0 spiro atoms. The van der Waals surface area contributed by atoms with E-state index in [1.807, 2.05) is 6.08 Å². The Hall–Kier alpha value is -1.89. The van der Waals surface area contributed by atoms with Gasteiger partial charge in [0.1, 0.15) is 0 Å². The van der Waals surface area contributed by atoms with E-state index in [1.165, 1.54) is 15.6 Å². The van der Waals surface area contributed by atoms with Crippen molar-refractivity contribution < 1.29 is 0 Å². The fourth-order valence-corrected chi connectivity index (χ4v) is 4.88. The number of hydrogen-bond donors (Lipinski definition) is 0. The predicted octanol–water partition coefficient (Wildman–Crippen LogP) is 6.40. The van der Waals surface area contributed by atoms with Gasteiger partial charge >= 0.3 is 0 Å². The molecule has 0 fully saturated rings. The molecule has 0 saturated heterocycles. The Kier molecular flexibility index (Phi) is 5.24. The Morgan fingerprint density at radius 3 is 2.73 bits per heavy atom. The molecule has 0 radical (unpaired) electrons. The highest BCUT2D eigenvalue weighted by Gasteiger charge is 2.16. The fourth-order valence-electron chi connectivity index (χ4n) is 2.77. The summed E-state index contributed by atoms with van der Waals surface area (Å²) in [6, 6.07) is 16.8. The summed E-state index contributed by atoms with van der Waals surface area (Å²) in [6.45, 7) is 4.59. The van der Waals surface area contributed by atoms with Crippen molar-refractivity contribution in [1.29, 1.82) is 0 Å². The molecule has 130 valence electrons. The number of halogens is 1. The minimum absolute atomic E-state index is 0.690. The van der Waals surface area contributed by atoms with Gasteiger partial charge in [-0.25, -0.2) is 0 Å². The van der Waals surface area contributed by atoms with E-state index in [0.717, 1.165) is 26.8 Å². The molecule has 0 bridgehead atoms. The van der Waals surface area contributed by atoms with Crippen LogP contribution in [0.1, 0.15) is 5.56 Å². The van der Waals surface area contributed by atoms with E-state index in [9.17, 15) is 0 Å². The molecule has 0 amide bonds. The lowest BCUT2D eigenvalue weighted by atomic mass is 10.1. The first kappa shape index (κ1) is 17.5. The summed E-state index contributed by atoms with van der Waals surface area (Å²) >= 11 is 6.91. The number of aromatic nitrogens is 3. The fraction of sp³-hybridized carbons (Fsp3) is 0.100. The van der Waals surface area contributed by atoms with Crippen LogP contribution in [0.15, 0.2) is 76.2 Å². The van der Waals surface area contributed by atoms with Gasteiger partial charge in [0.2, 0.25) is 0 Å². The minimum atomic E-state index is 0.690. The molecule has 0 unspecified atom stereocenters.